The molecule has 3 rings (SSSR count). The fraction of sp³-hybridized carbons (Fsp3) is 0.200. The lowest BCUT2D eigenvalue weighted by Gasteiger charge is -2.08. The first-order valence-corrected chi connectivity index (χ1v) is 7.32. The summed E-state index contributed by atoms with van der Waals surface area (Å²) in [5.74, 6) is 0. The van der Waals surface area contributed by atoms with E-state index in [9.17, 15) is 0 Å². The SMILES string of the molecule is Cc1nn(C)c(Cn2ccc3ccc(C(N)=S)cc32)c1Cl. The molecule has 2 aromatic heterocycles. The highest BCUT2D eigenvalue weighted by molar-refractivity contribution is 7.80. The van der Waals surface area contributed by atoms with Crippen LogP contribution in [0.3, 0.4) is 0 Å². The largest absolute Gasteiger partial charge is 0.389 e. The topological polar surface area (TPSA) is 48.8 Å². The van der Waals surface area contributed by atoms with Gasteiger partial charge < -0.3 is 10.3 Å². The summed E-state index contributed by atoms with van der Waals surface area (Å²) >= 11 is 11.4. The Morgan fingerprint density at radius 2 is 2.14 bits per heavy atom. The smallest absolute Gasteiger partial charge is 0.104 e. The molecule has 4 nitrogen and oxygen atoms in total. The van der Waals surface area contributed by atoms with Gasteiger partial charge in [0.2, 0.25) is 0 Å². The molecule has 0 radical (unpaired) electrons. The highest BCUT2D eigenvalue weighted by Gasteiger charge is 2.13. The minimum absolute atomic E-state index is 0.402. The van der Waals surface area contributed by atoms with E-state index in [2.05, 4.69) is 15.7 Å². The van der Waals surface area contributed by atoms with Gasteiger partial charge in [-0.25, -0.2) is 0 Å². The number of hydrogen-bond donors (Lipinski definition) is 1. The molecule has 1 aromatic carbocycles. The fourth-order valence-electron chi connectivity index (χ4n) is 2.49. The van der Waals surface area contributed by atoms with E-state index in [4.69, 9.17) is 29.6 Å². The van der Waals surface area contributed by atoms with Crippen LogP contribution in [0.4, 0.5) is 0 Å². The number of nitrogens with two attached hydrogens (primary N) is 1. The molecule has 2 N–H and O–H groups in total. The molecule has 21 heavy (non-hydrogen) atoms. The van der Waals surface area contributed by atoms with E-state index in [0.29, 0.717) is 16.6 Å². The molecule has 6 heteroatoms. The van der Waals surface area contributed by atoms with Crippen LogP contribution in [-0.4, -0.2) is 19.3 Å². The number of aromatic nitrogens is 3. The Balaban J connectivity index is 2.08. The summed E-state index contributed by atoms with van der Waals surface area (Å²) in [6.07, 6.45) is 2.03. The molecule has 0 unspecified atom stereocenters. The lowest BCUT2D eigenvalue weighted by molar-refractivity contribution is 0.673. The van der Waals surface area contributed by atoms with Gasteiger partial charge in [-0.15, -0.1) is 0 Å². The monoisotopic (exact) mass is 318 g/mol. The number of aryl methyl sites for hydroxylation is 2. The van der Waals surface area contributed by atoms with Crippen molar-refractivity contribution < 1.29 is 0 Å². The number of benzene rings is 1. The van der Waals surface area contributed by atoms with Gasteiger partial charge in [0.25, 0.3) is 0 Å². The zero-order valence-corrected chi connectivity index (χ0v) is 13.4. The van der Waals surface area contributed by atoms with Crippen molar-refractivity contribution in [3.05, 3.63) is 52.4 Å². The second kappa shape index (κ2) is 5.16. The Morgan fingerprint density at radius 3 is 2.76 bits per heavy atom. The first-order chi connectivity index (χ1) is 9.97. The third-order valence-corrected chi connectivity index (χ3v) is 4.37. The summed E-state index contributed by atoms with van der Waals surface area (Å²) in [6, 6.07) is 8.04. The Kier molecular flexibility index (Phi) is 3.47. The molecule has 0 bridgehead atoms. The molecule has 0 aliphatic rings. The molecule has 0 fully saturated rings. The lowest BCUT2D eigenvalue weighted by Crippen LogP contribution is -2.09. The van der Waals surface area contributed by atoms with Gasteiger partial charge in [0.15, 0.2) is 0 Å². The Morgan fingerprint density at radius 1 is 1.38 bits per heavy atom. The van der Waals surface area contributed by atoms with Crippen molar-refractivity contribution in [3.63, 3.8) is 0 Å². The summed E-state index contributed by atoms with van der Waals surface area (Å²) in [4.78, 5) is 0.402. The minimum Gasteiger partial charge on any atom is -0.389 e. The molecule has 108 valence electrons. The standard InChI is InChI=1S/C15H15ClN4S/c1-9-14(16)13(19(2)18-9)8-20-6-5-10-3-4-11(15(17)21)7-12(10)20/h3-7H,8H2,1-2H3,(H2,17,21). The summed E-state index contributed by atoms with van der Waals surface area (Å²) in [6.45, 7) is 2.56. The number of nitrogens with zero attached hydrogens (tertiary/aromatic N) is 3. The van der Waals surface area contributed by atoms with Gasteiger partial charge >= 0.3 is 0 Å². The molecule has 0 spiro atoms. The second-order valence-corrected chi connectivity index (χ2v) is 5.87. The van der Waals surface area contributed by atoms with E-state index < -0.39 is 0 Å². The van der Waals surface area contributed by atoms with Crippen molar-refractivity contribution in [2.75, 3.05) is 0 Å². The summed E-state index contributed by atoms with van der Waals surface area (Å²) in [5, 5.41) is 6.20. The Labute approximate surface area is 133 Å². The van der Waals surface area contributed by atoms with E-state index in [1.165, 1.54) is 0 Å². The van der Waals surface area contributed by atoms with E-state index in [1.807, 2.05) is 43.0 Å². The van der Waals surface area contributed by atoms with Gasteiger partial charge in [0.1, 0.15) is 4.99 Å². The highest BCUT2D eigenvalue weighted by Crippen LogP contribution is 2.23. The minimum atomic E-state index is 0.402. The van der Waals surface area contributed by atoms with Crippen LogP contribution in [0.1, 0.15) is 17.0 Å². The van der Waals surface area contributed by atoms with Crippen molar-refractivity contribution in [2.24, 2.45) is 12.8 Å². The highest BCUT2D eigenvalue weighted by atomic mass is 35.5. The van der Waals surface area contributed by atoms with Crippen LogP contribution in [0, 0.1) is 6.92 Å². The number of rotatable bonds is 3. The number of hydrogen-bond acceptors (Lipinski definition) is 2. The first kappa shape index (κ1) is 14.1. The third kappa shape index (κ3) is 2.43. The maximum absolute atomic E-state index is 6.33. The summed E-state index contributed by atoms with van der Waals surface area (Å²) in [5.41, 5.74) is 9.48. The number of halogens is 1. The Hall–Kier alpha value is -1.85. The van der Waals surface area contributed by atoms with Crippen molar-refractivity contribution in [2.45, 2.75) is 13.5 Å². The average molecular weight is 319 g/mol. The van der Waals surface area contributed by atoms with Gasteiger partial charge in [-0.3, -0.25) is 4.68 Å². The molecular formula is C15H15ClN4S. The van der Waals surface area contributed by atoms with Gasteiger partial charge in [-0.05, 0) is 24.4 Å². The molecule has 2 heterocycles. The van der Waals surface area contributed by atoms with Gasteiger partial charge in [-0.1, -0.05) is 36.0 Å². The molecule has 0 aliphatic carbocycles. The molecule has 0 aliphatic heterocycles. The maximum Gasteiger partial charge on any atom is 0.104 e. The van der Waals surface area contributed by atoms with Crippen LogP contribution in [0.25, 0.3) is 10.9 Å². The molecule has 0 amide bonds. The van der Waals surface area contributed by atoms with Crippen LogP contribution in [0.15, 0.2) is 30.5 Å². The third-order valence-electron chi connectivity index (χ3n) is 3.64. The quantitative estimate of drug-likeness (QED) is 0.755. The summed E-state index contributed by atoms with van der Waals surface area (Å²) < 4.78 is 3.94. The normalized spacial score (nSPS) is 11.2. The maximum atomic E-state index is 6.33. The molecule has 0 saturated carbocycles. The molecule has 3 aromatic rings. The van der Waals surface area contributed by atoms with Crippen molar-refractivity contribution >= 4 is 39.7 Å². The number of fused-ring (bicyclic) bond motifs is 1. The van der Waals surface area contributed by atoms with E-state index in [1.54, 1.807) is 0 Å². The van der Waals surface area contributed by atoms with Crippen molar-refractivity contribution in [1.82, 2.24) is 14.3 Å². The molecular weight excluding hydrogens is 304 g/mol. The second-order valence-electron chi connectivity index (χ2n) is 5.05. The molecule has 0 saturated heterocycles. The van der Waals surface area contributed by atoms with Gasteiger partial charge in [-0.2, -0.15) is 5.10 Å². The zero-order valence-electron chi connectivity index (χ0n) is 11.8. The fourth-order valence-corrected chi connectivity index (χ4v) is 2.84. The predicted molar refractivity (Wildman–Crippen MR) is 89.9 cm³/mol. The van der Waals surface area contributed by atoms with E-state index in [-0.39, 0.29) is 0 Å². The van der Waals surface area contributed by atoms with Crippen molar-refractivity contribution in [3.8, 4) is 0 Å². The van der Waals surface area contributed by atoms with Crippen molar-refractivity contribution in [1.29, 1.82) is 0 Å². The molecule has 0 atom stereocenters. The van der Waals surface area contributed by atoms with Gasteiger partial charge in [0, 0.05) is 24.3 Å². The van der Waals surface area contributed by atoms with E-state index in [0.717, 1.165) is 27.9 Å². The average Bonchev–Trinajstić information content (AvgIpc) is 2.95. The Bertz CT molecular complexity index is 847. The first-order valence-electron chi connectivity index (χ1n) is 6.54. The summed E-state index contributed by atoms with van der Waals surface area (Å²) in [7, 11) is 1.90. The predicted octanol–water partition coefficient (Wildman–Crippen LogP) is 3.02. The zero-order chi connectivity index (χ0) is 15.1. The van der Waals surface area contributed by atoms with E-state index >= 15 is 0 Å². The van der Waals surface area contributed by atoms with Crippen LogP contribution in [0.2, 0.25) is 5.02 Å². The van der Waals surface area contributed by atoms with Crippen LogP contribution >= 0.6 is 23.8 Å². The number of thiocarbonyl (C=S) groups is 1. The van der Waals surface area contributed by atoms with Crippen LogP contribution < -0.4 is 5.73 Å². The van der Waals surface area contributed by atoms with Crippen LogP contribution in [0.5, 0.6) is 0 Å². The lowest BCUT2D eigenvalue weighted by atomic mass is 10.1. The van der Waals surface area contributed by atoms with Gasteiger partial charge in [0.05, 0.1) is 23.0 Å². The van der Waals surface area contributed by atoms with Crippen LogP contribution in [-0.2, 0) is 13.6 Å².